The number of rotatable bonds is 3. The van der Waals surface area contributed by atoms with E-state index >= 15 is 0 Å². The van der Waals surface area contributed by atoms with Gasteiger partial charge in [0.05, 0.1) is 23.3 Å². The van der Waals surface area contributed by atoms with E-state index in [-0.39, 0.29) is 18.4 Å². The van der Waals surface area contributed by atoms with Crippen molar-refractivity contribution in [2.45, 2.75) is 32.7 Å². The number of aryl methyl sites for hydroxylation is 1. The molecule has 0 radical (unpaired) electrons. The summed E-state index contributed by atoms with van der Waals surface area (Å²) >= 11 is 0. The van der Waals surface area contributed by atoms with E-state index in [9.17, 15) is 14.7 Å². The lowest BCUT2D eigenvalue weighted by Crippen LogP contribution is -2.51. The van der Waals surface area contributed by atoms with Crippen LogP contribution in [0.3, 0.4) is 0 Å². The molecule has 0 fully saturated rings. The number of hydrogen-bond acceptors (Lipinski definition) is 3. The Balaban J connectivity index is 2.52. The number of carbonyl (C=O) groups excluding carboxylic acids is 2. The Bertz CT molecular complexity index is 518. The van der Waals surface area contributed by atoms with Crippen LogP contribution in [0, 0.1) is 6.92 Å². The van der Waals surface area contributed by atoms with Crippen LogP contribution >= 0.6 is 0 Å². The van der Waals surface area contributed by atoms with E-state index in [0.717, 1.165) is 5.56 Å². The molecule has 0 aromatic heterocycles. The van der Waals surface area contributed by atoms with Crippen molar-refractivity contribution in [3.05, 3.63) is 34.9 Å². The maximum absolute atomic E-state index is 12.3. The first-order valence-corrected chi connectivity index (χ1v) is 6.05. The number of fused-ring (bicyclic) bond motifs is 1. The van der Waals surface area contributed by atoms with Crippen molar-refractivity contribution in [2.24, 2.45) is 0 Å². The van der Waals surface area contributed by atoms with Gasteiger partial charge in [0.15, 0.2) is 0 Å². The largest absolute Gasteiger partial charge is 0.394 e. The van der Waals surface area contributed by atoms with Crippen LogP contribution in [0.25, 0.3) is 0 Å². The molecule has 0 saturated carbocycles. The number of amides is 2. The first-order valence-electron chi connectivity index (χ1n) is 6.05. The van der Waals surface area contributed by atoms with Crippen LogP contribution in [0.4, 0.5) is 0 Å². The Morgan fingerprint density at radius 3 is 2.39 bits per heavy atom. The maximum atomic E-state index is 12.3. The molecule has 0 bridgehead atoms. The minimum Gasteiger partial charge on any atom is -0.394 e. The Kier molecular flexibility index (Phi) is 2.99. The number of benzene rings is 1. The molecule has 1 aliphatic heterocycles. The van der Waals surface area contributed by atoms with Crippen LogP contribution in [0.1, 0.15) is 46.5 Å². The molecule has 0 aliphatic carbocycles. The van der Waals surface area contributed by atoms with Gasteiger partial charge in [-0.3, -0.25) is 14.5 Å². The average Bonchev–Trinajstić information content (AvgIpc) is 2.61. The minimum absolute atomic E-state index is 0.228. The summed E-state index contributed by atoms with van der Waals surface area (Å²) in [6.45, 7) is 5.23. The maximum Gasteiger partial charge on any atom is 0.262 e. The second-order valence-corrected chi connectivity index (χ2v) is 5.00. The molecule has 1 heterocycles. The van der Waals surface area contributed by atoms with E-state index in [1.54, 1.807) is 19.1 Å². The van der Waals surface area contributed by atoms with Crippen LogP contribution < -0.4 is 0 Å². The number of nitrogens with zero attached hydrogens (tertiary/aromatic N) is 1. The monoisotopic (exact) mass is 247 g/mol. The lowest BCUT2D eigenvalue weighted by atomic mass is 9.98. The van der Waals surface area contributed by atoms with Gasteiger partial charge in [0.1, 0.15) is 0 Å². The predicted molar refractivity (Wildman–Crippen MR) is 67.5 cm³/mol. The molecule has 1 unspecified atom stereocenters. The molecule has 1 aromatic carbocycles. The number of hydrogen-bond donors (Lipinski definition) is 1. The van der Waals surface area contributed by atoms with E-state index in [0.29, 0.717) is 17.5 Å². The first-order chi connectivity index (χ1) is 8.44. The SMILES string of the molecule is CCC(C)(CO)N1C(=O)c2ccc(C)cc2C1=O. The molecule has 0 saturated heterocycles. The first kappa shape index (κ1) is 12.8. The predicted octanol–water partition coefficient (Wildman–Crippen LogP) is 1.75. The summed E-state index contributed by atoms with van der Waals surface area (Å²) in [6, 6.07) is 5.22. The molecule has 2 rings (SSSR count). The lowest BCUT2D eigenvalue weighted by molar-refractivity contribution is 0.0292. The summed E-state index contributed by atoms with van der Waals surface area (Å²) in [6.07, 6.45) is 0.522. The molecule has 96 valence electrons. The van der Waals surface area contributed by atoms with Gasteiger partial charge >= 0.3 is 0 Å². The summed E-state index contributed by atoms with van der Waals surface area (Å²) in [4.78, 5) is 25.8. The average molecular weight is 247 g/mol. The summed E-state index contributed by atoms with van der Waals surface area (Å²) < 4.78 is 0. The van der Waals surface area contributed by atoms with E-state index in [1.807, 2.05) is 19.9 Å². The van der Waals surface area contributed by atoms with Crippen molar-refractivity contribution in [1.82, 2.24) is 4.90 Å². The number of imide groups is 1. The summed E-state index contributed by atoms with van der Waals surface area (Å²) in [5.41, 5.74) is 0.979. The molecule has 2 amide bonds. The molecular weight excluding hydrogens is 230 g/mol. The van der Waals surface area contributed by atoms with Gasteiger partial charge in [0, 0.05) is 0 Å². The van der Waals surface area contributed by atoms with Gasteiger partial charge in [-0.25, -0.2) is 0 Å². The zero-order valence-electron chi connectivity index (χ0n) is 10.9. The molecule has 1 atom stereocenters. The smallest absolute Gasteiger partial charge is 0.262 e. The fraction of sp³-hybridized carbons (Fsp3) is 0.429. The highest BCUT2D eigenvalue weighted by Crippen LogP contribution is 2.31. The normalized spacial score (nSPS) is 17.9. The van der Waals surface area contributed by atoms with Crippen LogP contribution in [-0.2, 0) is 0 Å². The van der Waals surface area contributed by atoms with Gasteiger partial charge in [-0.05, 0) is 32.4 Å². The Morgan fingerprint density at radius 2 is 1.83 bits per heavy atom. The molecule has 1 N–H and O–H groups in total. The summed E-state index contributed by atoms with van der Waals surface area (Å²) in [5.74, 6) is -0.620. The van der Waals surface area contributed by atoms with E-state index < -0.39 is 5.54 Å². The van der Waals surface area contributed by atoms with Crippen molar-refractivity contribution in [2.75, 3.05) is 6.61 Å². The minimum atomic E-state index is -0.832. The number of aliphatic hydroxyl groups is 1. The van der Waals surface area contributed by atoms with E-state index in [1.165, 1.54) is 4.90 Å². The molecule has 0 spiro atoms. The Hall–Kier alpha value is -1.68. The molecule has 1 aromatic rings. The van der Waals surface area contributed by atoms with Crippen molar-refractivity contribution in [1.29, 1.82) is 0 Å². The number of carbonyl (C=O) groups is 2. The van der Waals surface area contributed by atoms with Crippen molar-refractivity contribution in [3.8, 4) is 0 Å². The van der Waals surface area contributed by atoms with Crippen molar-refractivity contribution in [3.63, 3.8) is 0 Å². The number of aliphatic hydroxyl groups excluding tert-OH is 1. The summed E-state index contributed by atoms with van der Waals surface area (Å²) in [5, 5.41) is 9.47. The standard InChI is InChI=1S/C14H17NO3/c1-4-14(3,8-16)15-12(17)10-6-5-9(2)7-11(10)13(15)18/h5-7,16H,4,8H2,1-3H3. The molecule has 4 nitrogen and oxygen atoms in total. The zero-order chi connectivity index (χ0) is 13.5. The van der Waals surface area contributed by atoms with Gasteiger partial charge < -0.3 is 5.11 Å². The third kappa shape index (κ3) is 1.64. The molecule has 1 aliphatic rings. The molecular formula is C14H17NO3. The molecule has 18 heavy (non-hydrogen) atoms. The Morgan fingerprint density at radius 1 is 1.22 bits per heavy atom. The zero-order valence-corrected chi connectivity index (χ0v) is 10.9. The van der Waals surface area contributed by atoms with Crippen LogP contribution in [0.5, 0.6) is 0 Å². The second kappa shape index (κ2) is 4.21. The van der Waals surface area contributed by atoms with E-state index in [4.69, 9.17) is 0 Å². The lowest BCUT2D eigenvalue weighted by Gasteiger charge is -2.34. The van der Waals surface area contributed by atoms with Gasteiger partial charge in [-0.1, -0.05) is 18.6 Å². The Labute approximate surface area is 106 Å². The van der Waals surface area contributed by atoms with Crippen molar-refractivity contribution >= 4 is 11.8 Å². The van der Waals surface area contributed by atoms with Gasteiger partial charge in [-0.2, -0.15) is 0 Å². The highest BCUT2D eigenvalue weighted by atomic mass is 16.3. The van der Waals surface area contributed by atoms with Gasteiger partial charge in [0.25, 0.3) is 11.8 Å². The fourth-order valence-electron chi connectivity index (χ4n) is 2.19. The van der Waals surface area contributed by atoms with E-state index in [2.05, 4.69) is 0 Å². The third-order valence-electron chi connectivity index (χ3n) is 3.68. The summed E-state index contributed by atoms with van der Waals surface area (Å²) in [7, 11) is 0. The molecule has 4 heteroatoms. The topological polar surface area (TPSA) is 57.6 Å². The second-order valence-electron chi connectivity index (χ2n) is 5.00. The van der Waals surface area contributed by atoms with Gasteiger partial charge in [-0.15, -0.1) is 0 Å². The van der Waals surface area contributed by atoms with Crippen LogP contribution in [-0.4, -0.2) is 34.0 Å². The van der Waals surface area contributed by atoms with Crippen LogP contribution in [0.2, 0.25) is 0 Å². The third-order valence-corrected chi connectivity index (χ3v) is 3.68. The van der Waals surface area contributed by atoms with Crippen LogP contribution in [0.15, 0.2) is 18.2 Å². The quantitative estimate of drug-likeness (QED) is 0.828. The fourth-order valence-corrected chi connectivity index (χ4v) is 2.19. The van der Waals surface area contributed by atoms with Crippen molar-refractivity contribution < 1.29 is 14.7 Å². The highest BCUT2D eigenvalue weighted by molar-refractivity contribution is 6.21. The van der Waals surface area contributed by atoms with Gasteiger partial charge in [0.2, 0.25) is 0 Å². The highest BCUT2D eigenvalue weighted by Gasteiger charge is 2.45.